The van der Waals surface area contributed by atoms with Crippen molar-refractivity contribution in [2.24, 2.45) is 5.10 Å². The van der Waals surface area contributed by atoms with Crippen LogP contribution in [0.3, 0.4) is 0 Å². The molecule has 9 heteroatoms. The summed E-state index contributed by atoms with van der Waals surface area (Å²) in [5, 5.41) is 15.0. The van der Waals surface area contributed by atoms with E-state index in [-0.39, 0.29) is 12.3 Å². The van der Waals surface area contributed by atoms with E-state index in [0.717, 1.165) is 5.69 Å². The fraction of sp³-hybridized carbons (Fsp3) is 0.263. The summed E-state index contributed by atoms with van der Waals surface area (Å²) < 4.78 is 10.7. The molecule has 0 unspecified atom stereocenters. The van der Waals surface area contributed by atoms with Crippen molar-refractivity contribution in [3.05, 3.63) is 64.2 Å². The Kier molecular flexibility index (Phi) is 6.53. The Labute approximate surface area is 161 Å². The Morgan fingerprint density at radius 2 is 2.00 bits per heavy atom. The van der Waals surface area contributed by atoms with Crippen molar-refractivity contribution in [3.8, 4) is 5.75 Å². The van der Waals surface area contributed by atoms with E-state index in [9.17, 15) is 14.9 Å². The molecule has 1 N–H and O–H groups in total. The van der Waals surface area contributed by atoms with Gasteiger partial charge in [0.2, 0.25) is 0 Å². The van der Waals surface area contributed by atoms with Gasteiger partial charge in [0.25, 0.3) is 11.6 Å². The molecule has 1 amide bonds. The Morgan fingerprint density at radius 1 is 1.25 bits per heavy atom. The summed E-state index contributed by atoms with van der Waals surface area (Å²) in [6, 6.07) is 13.5. The van der Waals surface area contributed by atoms with Crippen LogP contribution in [-0.4, -0.2) is 50.0 Å². The number of anilines is 1. The number of nitrogens with one attached hydrogen (secondary N) is 1. The fourth-order valence-electron chi connectivity index (χ4n) is 2.72. The van der Waals surface area contributed by atoms with Gasteiger partial charge >= 0.3 is 0 Å². The number of amides is 1. The first-order valence-corrected chi connectivity index (χ1v) is 8.74. The molecular formula is C19H20N4O5. The smallest absolute Gasteiger partial charge is 0.277 e. The Hall–Kier alpha value is -3.46. The minimum absolute atomic E-state index is 0.0443. The predicted octanol–water partition coefficient (Wildman–Crippen LogP) is 1.96. The maximum Gasteiger partial charge on any atom is 0.277 e. The molecule has 0 spiro atoms. The van der Waals surface area contributed by atoms with E-state index in [4.69, 9.17) is 9.47 Å². The van der Waals surface area contributed by atoms with Crippen LogP contribution < -0.4 is 15.1 Å². The second-order valence-electron chi connectivity index (χ2n) is 5.99. The number of carbonyl (C=O) groups excluding carboxylic acids is 1. The number of benzene rings is 2. The molecular weight excluding hydrogens is 364 g/mol. The van der Waals surface area contributed by atoms with Crippen LogP contribution in [-0.2, 0) is 9.53 Å². The van der Waals surface area contributed by atoms with Crippen molar-refractivity contribution in [1.82, 2.24) is 5.43 Å². The van der Waals surface area contributed by atoms with E-state index in [2.05, 4.69) is 15.4 Å². The number of ether oxygens (including phenoxy) is 2. The molecule has 28 heavy (non-hydrogen) atoms. The number of nitro groups is 1. The molecule has 146 valence electrons. The number of nitrogens with zero attached hydrogens (tertiary/aromatic N) is 3. The predicted molar refractivity (Wildman–Crippen MR) is 104 cm³/mol. The van der Waals surface area contributed by atoms with Crippen LogP contribution in [0.1, 0.15) is 5.56 Å². The number of carbonyl (C=O) groups is 1. The molecule has 0 aromatic heterocycles. The first-order valence-electron chi connectivity index (χ1n) is 8.74. The summed E-state index contributed by atoms with van der Waals surface area (Å²) in [6.45, 7) is 2.33. The number of morpholine rings is 1. The quantitative estimate of drug-likeness (QED) is 0.444. The van der Waals surface area contributed by atoms with Crippen molar-refractivity contribution in [2.75, 3.05) is 37.8 Å². The molecule has 2 aromatic carbocycles. The second kappa shape index (κ2) is 9.47. The van der Waals surface area contributed by atoms with Crippen molar-refractivity contribution in [1.29, 1.82) is 0 Å². The lowest BCUT2D eigenvalue weighted by Crippen LogP contribution is -2.36. The highest BCUT2D eigenvalue weighted by Crippen LogP contribution is 2.25. The molecule has 0 saturated carbocycles. The van der Waals surface area contributed by atoms with Gasteiger partial charge in [-0.2, -0.15) is 5.10 Å². The summed E-state index contributed by atoms with van der Waals surface area (Å²) in [5.41, 5.74) is 3.67. The van der Waals surface area contributed by atoms with Crippen molar-refractivity contribution in [2.45, 2.75) is 0 Å². The van der Waals surface area contributed by atoms with Gasteiger partial charge in [-0.3, -0.25) is 14.9 Å². The maximum absolute atomic E-state index is 11.9. The summed E-state index contributed by atoms with van der Waals surface area (Å²) in [7, 11) is 0. The zero-order valence-corrected chi connectivity index (χ0v) is 15.1. The lowest BCUT2D eigenvalue weighted by molar-refractivity contribution is -0.384. The van der Waals surface area contributed by atoms with E-state index in [1.54, 1.807) is 30.3 Å². The first-order chi connectivity index (χ1) is 13.6. The van der Waals surface area contributed by atoms with Crippen LogP contribution in [0.2, 0.25) is 0 Å². The number of non-ortho nitro benzene ring substituents is 1. The Bertz CT molecular complexity index is 851. The minimum atomic E-state index is -0.466. The van der Waals surface area contributed by atoms with E-state index in [1.165, 1.54) is 18.3 Å². The van der Waals surface area contributed by atoms with E-state index in [1.807, 2.05) is 6.07 Å². The zero-order chi connectivity index (χ0) is 19.8. The van der Waals surface area contributed by atoms with Gasteiger partial charge in [-0.25, -0.2) is 5.43 Å². The molecule has 0 atom stereocenters. The molecule has 2 aromatic rings. The molecule has 3 rings (SSSR count). The summed E-state index contributed by atoms with van der Waals surface area (Å²) in [4.78, 5) is 24.6. The van der Waals surface area contributed by atoms with Crippen molar-refractivity contribution >= 4 is 23.5 Å². The number of hydrogen-bond acceptors (Lipinski definition) is 7. The highest BCUT2D eigenvalue weighted by atomic mass is 16.6. The molecule has 1 fully saturated rings. The van der Waals surface area contributed by atoms with Gasteiger partial charge < -0.3 is 14.4 Å². The van der Waals surface area contributed by atoms with Crippen LogP contribution >= 0.6 is 0 Å². The Balaban J connectivity index is 1.66. The Morgan fingerprint density at radius 3 is 2.71 bits per heavy atom. The average Bonchev–Trinajstić information content (AvgIpc) is 2.73. The third-order valence-electron chi connectivity index (χ3n) is 4.08. The molecule has 1 aliphatic rings. The van der Waals surface area contributed by atoms with Gasteiger partial charge in [0, 0.05) is 36.5 Å². The van der Waals surface area contributed by atoms with Crippen molar-refractivity contribution < 1.29 is 19.2 Å². The molecule has 0 bridgehead atoms. The van der Waals surface area contributed by atoms with Gasteiger partial charge in [0.05, 0.1) is 24.4 Å². The van der Waals surface area contributed by atoms with Crippen LogP contribution in [0, 0.1) is 10.1 Å². The van der Waals surface area contributed by atoms with Gasteiger partial charge in [-0.15, -0.1) is 0 Å². The number of para-hydroxylation sites is 1. The first kappa shape index (κ1) is 19.3. The van der Waals surface area contributed by atoms with Gasteiger partial charge in [0.1, 0.15) is 5.75 Å². The average molecular weight is 384 g/mol. The monoisotopic (exact) mass is 384 g/mol. The van der Waals surface area contributed by atoms with Gasteiger partial charge in [-0.05, 0) is 18.2 Å². The number of hydrogen-bond donors (Lipinski definition) is 1. The van der Waals surface area contributed by atoms with Gasteiger partial charge in [-0.1, -0.05) is 18.2 Å². The molecule has 1 heterocycles. The third kappa shape index (κ3) is 5.27. The number of nitro benzene ring substituents is 1. The molecule has 1 aliphatic heterocycles. The zero-order valence-electron chi connectivity index (χ0n) is 15.1. The number of hydrazone groups is 1. The summed E-state index contributed by atoms with van der Waals surface area (Å²) in [5.74, 6) is 0.147. The summed E-state index contributed by atoms with van der Waals surface area (Å²) in [6.07, 6.45) is 1.40. The van der Waals surface area contributed by atoms with E-state index >= 15 is 0 Å². The normalized spacial score (nSPS) is 14.1. The topological polar surface area (TPSA) is 106 Å². The minimum Gasteiger partial charge on any atom is -0.484 e. The molecule has 0 aliphatic carbocycles. The lowest BCUT2D eigenvalue weighted by Gasteiger charge is -2.29. The number of rotatable bonds is 7. The fourth-order valence-corrected chi connectivity index (χ4v) is 2.72. The maximum atomic E-state index is 11.9. The highest BCUT2D eigenvalue weighted by Gasteiger charge is 2.17. The largest absolute Gasteiger partial charge is 0.484 e. The SMILES string of the molecule is O=C(COc1ccccc1)N/N=C\c1cc([N+](=O)[O-])ccc1N1CCOCC1. The van der Waals surface area contributed by atoms with Crippen LogP contribution in [0.15, 0.2) is 53.6 Å². The molecule has 9 nitrogen and oxygen atoms in total. The van der Waals surface area contributed by atoms with Crippen LogP contribution in [0.25, 0.3) is 0 Å². The van der Waals surface area contributed by atoms with E-state index < -0.39 is 10.8 Å². The third-order valence-corrected chi connectivity index (χ3v) is 4.08. The standard InChI is InChI=1S/C19H20N4O5/c24-19(14-28-17-4-2-1-3-5-17)21-20-13-15-12-16(23(25)26)6-7-18(15)22-8-10-27-11-9-22/h1-7,12-13H,8-11,14H2,(H,21,24)/b20-13-. The molecule has 0 radical (unpaired) electrons. The highest BCUT2D eigenvalue weighted by molar-refractivity contribution is 5.90. The van der Waals surface area contributed by atoms with E-state index in [0.29, 0.717) is 37.6 Å². The van der Waals surface area contributed by atoms with Crippen molar-refractivity contribution in [3.63, 3.8) is 0 Å². The van der Waals surface area contributed by atoms with Crippen LogP contribution in [0.4, 0.5) is 11.4 Å². The second-order valence-corrected chi connectivity index (χ2v) is 5.99. The van der Waals surface area contributed by atoms with Gasteiger partial charge in [0.15, 0.2) is 6.61 Å². The summed E-state index contributed by atoms with van der Waals surface area (Å²) >= 11 is 0. The van der Waals surface area contributed by atoms with Crippen LogP contribution in [0.5, 0.6) is 5.75 Å². The molecule has 1 saturated heterocycles. The lowest BCUT2D eigenvalue weighted by atomic mass is 10.1.